The largest absolute Gasteiger partial charge is 0.513 e. The van der Waals surface area contributed by atoms with E-state index in [-0.39, 0.29) is 0 Å². The number of nitrogens with zero attached hydrogens (tertiary/aromatic N) is 1. The molecule has 0 spiro atoms. The highest BCUT2D eigenvalue weighted by Gasteiger charge is 2.92. The fraction of sp³-hybridized carbons (Fsp3) is 1.00. The summed E-state index contributed by atoms with van der Waals surface area (Å²) in [5.74, 6) is 0. The molecule has 1 atom stereocenters. The maximum atomic E-state index is 12.0. The van der Waals surface area contributed by atoms with Crippen molar-refractivity contribution in [2.45, 2.75) is 23.6 Å². The maximum Gasteiger partial charge on any atom is 0.513 e. The molecule has 1 aliphatic rings. The second-order valence-corrected chi connectivity index (χ2v) is 4.65. The smallest absolute Gasteiger partial charge is 0.236 e. The van der Waals surface area contributed by atoms with Crippen molar-refractivity contribution in [2.75, 3.05) is 0 Å². The van der Waals surface area contributed by atoms with Gasteiger partial charge in [-0.1, -0.05) is 0 Å². The summed E-state index contributed by atoms with van der Waals surface area (Å²) in [7, 11) is -6.91. The Hall–Kier alpha value is -0.760. The molecule has 14 heteroatoms. The third kappa shape index (κ3) is 1.82. The first-order valence-electron chi connectivity index (χ1n) is 3.53. The predicted octanol–water partition coefficient (Wildman–Crippen LogP) is 1.90. The third-order valence-electron chi connectivity index (χ3n) is 1.72. The molecule has 1 aliphatic heterocycles. The Morgan fingerprint density at radius 1 is 0.833 bits per heavy atom. The molecular formula is C4F9NO3S. The van der Waals surface area contributed by atoms with Gasteiger partial charge in [0.15, 0.2) is 0 Å². The standard InChI is InChI=1S/C4F9NO3S/c5-2(6,7)1(3(8,9)10)14(17-1)18(15,16)4(11,12)13. The molecular weight excluding hydrogens is 313 g/mol. The van der Waals surface area contributed by atoms with Crippen molar-refractivity contribution < 1.29 is 52.8 Å². The molecule has 0 aliphatic carbocycles. The number of alkyl halides is 9. The number of hydrogen-bond acceptors (Lipinski definition) is 3. The summed E-state index contributed by atoms with van der Waals surface area (Å²) in [6, 6.07) is 0. The summed E-state index contributed by atoms with van der Waals surface area (Å²) < 4.78 is 126. The van der Waals surface area contributed by atoms with E-state index in [2.05, 4.69) is 4.84 Å². The lowest BCUT2D eigenvalue weighted by molar-refractivity contribution is -0.295. The lowest BCUT2D eigenvalue weighted by atomic mass is 10.2. The number of hydrogen-bond donors (Lipinski definition) is 0. The van der Waals surface area contributed by atoms with Crippen LogP contribution in [-0.4, -0.2) is 36.5 Å². The Balaban J connectivity index is 3.30. The molecule has 1 saturated heterocycles. The quantitative estimate of drug-likeness (QED) is 0.549. The Morgan fingerprint density at radius 2 is 1.17 bits per heavy atom. The Bertz CT molecular complexity index is 430. The molecule has 1 heterocycles. The van der Waals surface area contributed by atoms with Crippen LogP contribution in [0.25, 0.3) is 0 Å². The molecule has 108 valence electrons. The number of sulfonamides is 1. The Labute approximate surface area is 91.9 Å². The van der Waals surface area contributed by atoms with E-state index >= 15 is 0 Å². The van der Waals surface area contributed by atoms with Crippen LogP contribution in [0.2, 0.25) is 0 Å². The monoisotopic (exact) mass is 313 g/mol. The van der Waals surface area contributed by atoms with Crippen LogP contribution < -0.4 is 0 Å². The average Bonchev–Trinajstić information content (AvgIpc) is 2.72. The van der Waals surface area contributed by atoms with E-state index in [0.717, 1.165) is 0 Å². The van der Waals surface area contributed by atoms with Crippen LogP contribution >= 0.6 is 0 Å². The third-order valence-corrected chi connectivity index (χ3v) is 3.07. The highest BCUT2D eigenvalue weighted by atomic mass is 32.2. The van der Waals surface area contributed by atoms with Gasteiger partial charge in [-0.3, -0.25) is 0 Å². The second kappa shape index (κ2) is 3.41. The zero-order valence-corrected chi connectivity index (χ0v) is 8.30. The Kier molecular flexibility index (Phi) is 2.90. The van der Waals surface area contributed by atoms with Crippen LogP contribution in [0.15, 0.2) is 0 Å². The minimum Gasteiger partial charge on any atom is -0.236 e. The molecule has 0 saturated carbocycles. The molecule has 18 heavy (non-hydrogen) atoms. The number of hydroxylamine groups is 1. The molecule has 1 rings (SSSR count). The van der Waals surface area contributed by atoms with E-state index in [1.165, 1.54) is 0 Å². The van der Waals surface area contributed by atoms with Crippen molar-refractivity contribution >= 4 is 10.0 Å². The summed E-state index contributed by atoms with van der Waals surface area (Å²) in [6.45, 7) is 0. The van der Waals surface area contributed by atoms with Crippen LogP contribution in [-0.2, 0) is 14.9 Å². The van der Waals surface area contributed by atoms with Gasteiger partial charge in [-0.25, -0.2) is 13.3 Å². The molecule has 4 nitrogen and oxygen atoms in total. The summed E-state index contributed by atoms with van der Waals surface area (Å²) in [5.41, 5.74) is -11.8. The predicted molar refractivity (Wildman–Crippen MR) is 32.7 cm³/mol. The van der Waals surface area contributed by atoms with Gasteiger partial charge in [-0.2, -0.15) is 39.5 Å². The molecule has 0 bridgehead atoms. The summed E-state index contributed by atoms with van der Waals surface area (Å²) in [4.78, 5) is 2.70. The molecule has 0 aromatic rings. The topological polar surface area (TPSA) is 49.7 Å². The maximum absolute atomic E-state index is 12.0. The highest BCUT2D eigenvalue weighted by Crippen LogP contribution is 2.60. The number of halogens is 9. The van der Waals surface area contributed by atoms with Gasteiger partial charge in [0.2, 0.25) is 0 Å². The van der Waals surface area contributed by atoms with Crippen LogP contribution in [0.1, 0.15) is 0 Å². The first-order chi connectivity index (χ1) is 7.59. The zero-order chi connectivity index (χ0) is 14.8. The van der Waals surface area contributed by atoms with Crippen LogP contribution in [0.3, 0.4) is 0 Å². The van der Waals surface area contributed by atoms with Crippen LogP contribution in [0, 0.1) is 0 Å². The zero-order valence-electron chi connectivity index (χ0n) is 7.48. The van der Waals surface area contributed by atoms with Gasteiger partial charge in [-0.15, -0.1) is 0 Å². The van der Waals surface area contributed by atoms with E-state index in [1.54, 1.807) is 0 Å². The summed E-state index contributed by atoms with van der Waals surface area (Å²) >= 11 is 0. The molecule has 1 fully saturated rings. The molecule has 0 aromatic heterocycles. The fourth-order valence-corrected chi connectivity index (χ4v) is 1.82. The average molecular weight is 313 g/mol. The fourth-order valence-electron chi connectivity index (χ4n) is 0.883. The summed E-state index contributed by atoms with van der Waals surface area (Å²) in [5, 5.41) is 0. The van der Waals surface area contributed by atoms with Gasteiger partial charge >= 0.3 is 33.6 Å². The van der Waals surface area contributed by atoms with Gasteiger partial charge in [0.1, 0.15) is 0 Å². The van der Waals surface area contributed by atoms with Crippen LogP contribution in [0.5, 0.6) is 0 Å². The normalized spacial score (nSPS) is 25.1. The molecule has 0 aromatic carbocycles. The number of rotatable bonds is 1. The van der Waals surface area contributed by atoms with Crippen molar-refractivity contribution in [1.82, 2.24) is 4.47 Å². The van der Waals surface area contributed by atoms with Gasteiger partial charge in [0, 0.05) is 0 Å². The molecule has 0 amide bonds. The van der Waals surface area contributed by atoms with Gasteiger partial charge in [0.25, 0.3) is 0 Å². The minimum absolute atomic E-state index is 2.15. The van der Waals surface area contributed by atoms with Crippen molar-refractivity contribution in [3.63, 3.8) is 0 Å². The van der Waals surface area contributed by atoms with Gasteiger partial charge in [-0.05, 0) is 4.47 Å². The highest BCUT2D eigenvalue weighted by molar-refractivity contribution is 7.90. The molecule has 0 N–H and O–H groups in total. The van der Waals surface area contributed by atoms with Crippen LogP contribution in [0.4, 0.5) is 39.5 Å². The van der Waals surface area contributed by atoms with Gasteiger partial charge < -0.3 is 0 Å². The van der Waals surface area contributed by atoms with Gasteiger partial charge in [0.05, 0.1) is 0 Å². The van der Waals surface area contributed by atoms with Crippen molar-refractivity contribution in [3.8, 4) is 0 Å². The first-order valence-corrected chi connectivity index (χ1v) is 4.97. The SMILES string of the molecule is O=S(=O)(N1OC1(C(F)(F)F)C(F)(F)F)C(F)(F)F. The van der Waals surface area contributed by atoms with Crippen molar-refractivity contribution in [1.29, 1.82) is 0 Å². The van der Waals surface area contributed by atoms with E-state index < -0.39 is 38.1 Å². The molecule has 1 unspecified atom stereocenters. The minimum atomic E-state index is -6.91. The van der Waals surface area contributed by atoms with E-state index in [1.807, 2.05) is 0 Å². The van der Waals surface area contributed by atoms with E-state index in [9.17, 15) is 47.9 Å². The van der Waals surface area contributed by atoms with Crippen molar-refractivity contribution in [3.05, 3.63) is 0 Å². The first kappa shape index (κ1) is 15.3. The second-order valence-electron chi connectivity index (χ2n) is 2.91. The lowest BCUT2D eigenvalue weighted by Gasteiger charge is -2.18. The molecule has 0 radical (unpaired) electrons. The van der Waals surface area contributed by atoms with E-state index in [0.29, 0.717) is 0 Å². The Morgan fingerprint density at radius 3 is 1.33 bits per heavy atom. The summed E-state index contributed by atoms with van der Waals surface area (Å²) in [6.07, 6.45) is -12.8. The van der Waals surface area contributed by atoms with E-state index in [4.69, 9.17) is 0 Å². The van der Waals surface area contributed by atoms with Crippen molar-refractivity contribution in [2.24, 2.45) is 0 Å². The lowest BCUT2D eigenvalue weighted by Crippen LogP contribution is -2.51.